The fourth-order valence-electron chi connectivity index (χ4n) is 3.95. The lowest BCUT2D eigenvalue weighted by atomic mass is 9.95. The van der Waals surface area contributed by atoms with Crippen molar-refractivity contribution in [3.8, 4) is 0 Å². The summed E-state index contributed by atoms with van der Waals surface area (Å²) >= 11 is 0. The van der Waals surface area contributed by atoms with Crippen molar-refractivity contribution in [1.29, 1.82) is 0 Å². The summed E-state index contributed by atoms with van der Waals surface area (Å²) in [5.74, 6) is 0. The van der Waals surface area contributed by atoms with E-state index in [1.165, 1.54) is 28.9 Å². The summed E-state index contributed by atoms with van der Waals surface area (Å²) in [6, 6.07) is 0. The van der Waals surface area contributed by atoms with Crippen LogP contribution in [-0.2, 0) is 19.5 Å². The summed E-state index contributed by atoms with van der Waals surface area (Å²) in [7, 11) is 4.16. The fraction of sp³-hybridized carbons (Fsp3) is 0.737. The van der Waals surface area contributed by atoms with Crippen molar-refractivity contribution >= 4 is 5.57 Å². The smallest absolute Gasteiger partial charge is 0.107 e. The van der Waals surface area contributed by atoms with Gasteiger partial charge in [-0.25, -0.2) is 0 Å². The van der Waals surface area contributed by atoms with Crippen molar-refractivity contribution in [1.82, 2.24) is 24.9 Å². The molecule has 1 aromatic rings. The van der Waals surface area contributed by atoms with Crippen LogP contribution in [0.1, 0.15) is 43.1 Å². The van der Waals surface area contributed by atoms with E-state index in [0.29, 0.717) is 0 Å². The van der Waals surface area contributed by atoms with Gasteiger partial charge in [-0.15, -0.1) is 0 Å². The highest BCUT2D eigenvalue weighted by atomic mass is 16.3. The first-order valence-electron chi connectivity index (χ1n) is 9.67. The monoisotopic (exact) mass is 347 g/mol. The van der Waals surface area contributed by atoms with Crippen molar-refractivity contribution in [2.45, 2.75) is 51.9 Å². The largest absolute Gasteiger partial charge is 0.378 e. The Morgan fingerprint density at radius 3 is 2.88 bits per heavy atom. The average molecular weight is 348 g/mol. The molecule has 3 rings (SSSR count). The Hall–Kier alpha value is -1.21. The first kappa shape index (κ1) is 18.6. The molecule has 0 fully saturated rings. The standard InChI is InChI=1S/C19H33N5O/c1-4-18(25)23-11-7-15(8-12-23)19-16(14-22(3)13-9-20-2)21-24-10-5-6-17(19)24/h7,18,20,25H,4-6,8-14H2,1-3H3. The molecule has 1 aromatic heterocycles. The molecule has 0 radical (unpaired) electrons. The van der Waals surface area contributed by atoms with E-state index < -0.39 is 0 Å². The van der Waals surface area contributed by atoms with E-state index in [1.807, 2.05) is 14.0 Å². The van der Waals surface area contributed by atoms with Crippen molar-refractivity contribution in [3.63, 3.8) is 0 Å². The molecule has 140 valence electrons. The zero-order valence-corrected chi connectivity index (χ0v) is 16.0. The van der Waals surface area contributed by atoms with Gasteiger partial charge < -0.3 is 10.4 Å². The van der Waals surface area contributed by atoms with Gasteiger partial charge in [-0.3, -0.25) is 14.5 Å². The SMILES string of the molecule is CCC(O)N1CC=C(c2c(CN(C)CCNC)nn3c2CCC3)CC1. The fourth-order valence-corrected chi connectivity index (χ4v) is 3.95. The molecule has 6 nitrogen and oxygen atoms in total. The Kier molecular flexibility index (Phi) is 6.28. The van der Waals surface area contributed by atoms with Crippen LogP contribution < -0.4 is 5.32 Å². The van der Waals surface area contributed by atoms with Crippen molar-refractivity contribution < 1.29 is 5.11 Å². The maximum Gasteiger partial charge on any atom is 0.107 e. The Morgan fingerprint density at radius 2 is 2.20 bits per heavy atom. The van der Waals surface area contributed by atoms with Crippen molar-refractivity contribution in [3.05, 3.63) is 23.0 Å². The molecule has 1 unspecified atom stereocenters. The molecule has 0 spiro atoms. The minimum absolute atomic E-state index is 0.317. The van der Waals surface area contributed by atoms with Gasteiger partial charge in [-0.2, -0.15) is 5.10 Å². The average Bonchev–Trinajstić information content (AvgIpc) is 3.20. The summed E-state index contributed by atoms with van der Waals surface area (Å²) in [4.78, 5) is 4.50. The Morgan fingerprint density at radius 1 is 1.36 bits per heavy atom. The third kappa shape index (κ3) is 4.14. The number of likely N-dealkylation sites (N-methyl/N-ethyl adjacent to an activating group) is 2. The summed E-state index contributed by atoms with van der Waals surface area (Å²) in [5, 5.41) is 18.2. The lowest BCUT2D eigenvalue weighted by molar-refractivity contribution is 0.00855. The van der Waals surface area contributed by atoms with Gasteiger partial charge in [0.1, 0.15) is 6.23 Å². The molecular formula is C19H33N5O. The number of hydrogen-bond donors (Lipinski definition) is 2. The van der Waals surface area contributed by atoms with E-state index in [9.17, 15) is 5.11 Å². The van der Waals surface area contributed by atoms with Crippen LogP contribution in [-0.4, -0.2) is 71.2 Å². The molecule has 25 heavy (non-hydrogen) atoms. The first-order chi connectivity index (χ1) is 12.1. The van der Waals surface area contributed by atoms with Crippen LogP contribution in [0.25, 0.3) is 5.57 Å². The lowest BCUT2D eigenvalue weighted by Crippen LogP contribution is -2.37. The molecule has 0 aromatic carbocycles. The van der Waals surface area contributed by atoms with E-state index in [2.05, 4.69) is 32.9 Å². The summed E-state index contributed by atoms with van der Waals surface area (Å²) < 4.78 is 2.23. The quantitative estimate of drug-likeness (QED) is 0.742. The third-order valence-electron chi connectivity index (χ3n) is 5.43. The number of nitrogens with zero attached hydrogens (tertiary/aromatic N) is 4. The maximum absolute atomic E-state index is 10.1. The van der Waals surface area contributed by atoms with E-state index >= 15 is 0 Å². The Balaban J connectivity index is 1.79. The predicted octanol–water partition coefficient (Wildman–Crippen LogP) is 1.30. The van der Waals surface area contributed by atoms with Gasteiger partial charge in [0.2, 0.25) is 0 Å². The van der Waals surface area contributed by atoms with Crippen molar-refractivity contribution in [2.75, 3.05) is 40.3 Å². The molecule has 0 amide bonds. The third-order valence-corrected chi connectivity index (χ3v) is 5.43. The molecule has 3 heterocycles. The van der Waals surface area contributed by atoms with Crippen LogP contribution in [0.2, 0.25) is 0 Å². The minimum Gasteiger partial charge on any atom is -0.378 e. The number of hydrogen-bond acceptors (Lipinski definition) is 5. The van der Waals surface area contributed by atoms with Crippen molar-refractivity contribution in [2.24, 2.45) is 0 Å². The Labute approximate surface area is 151 Å². The number of aliphatic hydroxyl groups excluding tert-OH is 1. The van der Waals surface area contributed by atoms with Gasteiger partial charge in [0.05, 0.1) is 5.69 Å². The second kappa shape index (κ2) is 8.45. The van der Waals surface area contributed by atoms with Gasteiger partial charge in [0.15, 0.2) is 0 Å². The molecule has 2 aliphatic heterocycles. The van der Waals surface area contributed by atoms with E-state index in [4.69, 9.17) is 5.10 Å². The molecule has 0 bridgehead atoms. The molecule has 2 aliphatic rings. The molecule has 0 saturated heterocycles. The number of nitrogens with one attached hydrogen (secondary N) is 1. The van der Waals surface area contributed by atoms with E-state index in [1.54, 1.807) is 0 Å². The minimum atomic E-state index is -0.317. The maximum atomic E-state index is 10.1. The second-order valence-electron chi connectivity index (χ2n) is 7.30. The van der Waals surface area contributed by atoms with Crippen LogP contribution in [0.5, 0.6) is 0 Å². The summed E-state index contributed by atoms with van der Waals surface area (Å²) in [6.45, 7) is 7.77. The Bertz CT molecular complexity index is 609. The summed E-state index contributed by atoms with van der Waals surface area (Å²) in [5.41, 5.74) is 5.48. The predicted molar refractivity (Wildman–Crippen MR) is 101 cm³/mol. The van der Waals surface area contributed by atoms with Gasteiger partial charge in [-0.1, -0.05) is 13.0 Å². The highest BCUT2D eigenvalue weighted by Gasteiger charge is 2.27. The van der Waals surface area contributed by atoms with Gasteiger partial charge >= 0.3 is 0 Å². The molecular weight excluding hydrogens is 314 g/mol. The van der Waals surface area contributed by atoms with Crippen LogP contribution in [0, 0.1) is 0 Å². The molecule has 0 aliphatic carbocycles. The number of aliphatic hydroxyl groups is 1. The number of aromatic nitrogens is 2. The van der Waals surface area contributed by atoms with Gasteiger partial charge in [0, 0.05) is 50.5 Å². The lowest BCUT2D eigenvalue weighted by Gasteiger charge is -2.30. The van der Waals surface area contributed by atoms with Gasteiger partial charge in [0.25, 0.3) is 0 Å². The highest BCUT2D eigenvalue weighted by Crippen LogP contribution is 2.33. The summed E-state index contributed by atoms with van der Waals surface area (Å²) in [6.07, 6.45) is 6.13. The van der Waals surface area contributed by atoms with Crippen LogP contribution in [0.15, 0.2) is 6.08 Å². The van der Waals surface area contributed by atoms with Crippen LogP contribution in [0.4, 0.5) is 0 Å². The second-order valence-corrected chi connectivity index (χ2v) is 7.30. The van der Waals surface area contributed by atoms with Gasteiger partial charge in [-0.05, 0) is 45.4 Å². The zero-order valence-electron chi connectivity index (χ0n) is 16.0. The number of rotatable bonds is 8. The highest BCUT2D eigenvalue weighted by molar-refractivity contribution is 5.70. The normalized spacial score (nSPS) is 19.3. The molecule has 2 N–H and O–H groups in total. The zero-order chi connectivity index (χ0) is 17.8. The number of aryl methyl sites for hydroxylation is 1. The van der Waals surface area contributed by atoms with Crippen LogP contribution >= 0.6 is 0 Å². The molecule has 6 heteroatoms. The molecule has 0 saturated carbocycles. The van der Waals surface area contributed by atoms with E-state index in [0.717, 1.165) is 58.5 Å². The molecule has 1 atom stereocenters. The topological polar surface area (TPSA) is 56.6 Å². The van der Waals surface area contributed by atoms with E-state index in [-0.39, 0.29) is 6.23 Å². The van der Waals surface area contributed by atoms with Crippen LogP contribution in [0.3, 0.4) is 0 Å². The first-order valence-corrected chi connectivity index (χ1v) is 9.67. The number of fused-ring (bicyclic) bond motifs is 1.